The molecule has 0 bridgehead atoms. The molecule has 3 amide bonds. The number of halogens is 1. The highest BCUT2D eigenvalue weighted by atomic mass is 19.1. The number of amides is 3. The second kappa shape index (κ2) is 7.47. The summed E-state index contributed by atoms with van der Waals surface area (Å²) in [5, 5.41) is 2.43. The molecule has 0 radical (unpaired) electrons. The minimum Gasteiger partial charge on any atom is -0.308 e. The van der Waals surface area contributed by atoms with Crippen molar-refractivity contribution in [2.75, 3.05) is 12.4 Å². The Morgan fingerprint density at radius 3 is 2.63 bits per heavy atom. The van der Waals surface area contributed by atoms with E-state index in [1.54, 1.807) is 43.6 Å². The highest BCUT2D eigenvalue weighted by Crippen LogP contribution is 2.27. The van der Waals surface area contributed by atoms with Gasteiger partial charge in [-0.2, -0.15) is 0 Å². The van der Waals surface area contributed by atoms with Gasteiger partial charge in [-0.3, -0.25) is 24.3 Å². The molecule has 0 fully saturated rings. The molecule has 0 aliphatic carbocycles. The Morgan fingerprint density at radius 1 is 1.13 bits per heavy atom. The maximum absolute atomic E-state index is 14.5. The maximum atomic E-state index is 14.5. The first-order chi connectivity index (χ1) is 14.3. The largest absolute Gasteiger partial charge is 0.308 e. The van der Waals surface area contributed by atoms with Crippen molar-refractivity contribution in [1.82, 2.24) is 14.9 Å². The van der Waals surface area contributed by atoms with Gasteiger partial charge in [0.15, 0.2) is 11.6 Å². The minimum atomic E-state index is -0.690. The van der Waals surface area contributed by atoms with Crippen molar-refractivity contribution in [3.8, 4) is 11.1 Å². The van der Waals surface area contributed by atoms with Crippen molar-refractivity contribution in [3.05, 3.63) is 77.0 Å². The fraction of sp³-hybridized carbons (Fsp3) is 0.136. The van der Waals surface area contributed by atoms with Gasteiger partial charge in [0, 0.05) is 36.8 Å². The quantitative estimate of drug-likeness (QED) is 0.675. The Kier molecular flexibility index (Phi) is 4.83. The number of aromatic nitrogens is 2. The van der Waals surface area contributed by atoms with E-state index in [-0.39, 0.29) is 23.4 Å². The van der Waals surface area contributed by atoms with Crippen LogP contribution in [0.5, 0.6) is 0 Å². The van der Waals surface area contributed by atoms with Crippen molar-refractivity contribution < 1.29 is 18.8 Å². The molecule has 0 saturated carbocycles. The van der Waals surface area contributed by atoms with E-state index in [9.17, 15) is 18.8 Å². The summed E-state index contributed by atoms with van der Waals surface area (Å²) in [4.78, 5) is 46.2. The van der Waals surface area contributed by atoms with Gasteiger partial charge in [0.2, 0.25) is 5.91 Å². The van der Waals surface area contributed by atoms with Crippen LogP contribution in [0.2, 0.25) is 0 Å². The number of hydrogen-bond acceptors (Lipinski definition) is 5. The average Bonchev–Trinajstić information content (AvgIpc) is 2.94. The van der Waals surface area contributed by atoms with Gasteiger partial charge in [-0.05, 0) is 36.2 Å². The summed E-state index contributed by atoms with van der Waals surface area (Å²) in [6, 6.07) is 8.07. The average molecular weight is 404 g/mol. The van der Waals surface area contributed by atoms with E-state index < -0.39 is 23.5 Å². The van der Waals surface area contributed by atoms with Crippen molar-refractivity contribution >= 4 is 23.5 Å². The number of imide groups is 1. The fourth-order valence-corrected chi connectivity index (χ4v) is 3.43. The van der Waals surface area contributed by atoms with E-state index in [4.69, 9.17) is 0 Å². The fourth-order valence-electron chi connectivity index (χ4n) is 3.43. The van der Waals surface area contributed by atoms with Crippen molar-refractivity contribution in [2.45, 2.75) is 13.3 Å². The lowest BCUT2D eigenvalue weighted by Gasteiger charge is -2.10. The normalized spacial score (nSPS) is 12.8. The third-order valence-electron chi connectivity index (χ3n) is 4.86. The first-order valence-electron chi connectivity index (χ1n) is 9.17. The summed E-state index contributed by atoms with van der Waals surface area (Å²) in [6.07, 6.45) is 4.45. The van der Waals surface area contributed by atoms with Crippen LogP contribution in [0.15, 0.2) is 48.9 Å². The molecule has 0 saturated heterocycles. The number of pyridine rings is 2. The molecule has 150 valence electrons. The number of carbonyl (C=O) groups is 3. The lowest BCUT2D eigenvalue weighted by molar-refractivity contribution is -0.115. The zero-order valence-electron chi connectivity index (χ0n) is 16.3. The van der Waals surface area contributed by atoms with Crippen LogP contribution in [0.25, 0.3) is 11.1 Å². The van der Waals surface area contributed by atoms with E-state index in [1.807, 2.05) is 0 Å². The number of fused-ring (bicyclic) bond motifs is 1. The number of hydrogen-bond donors (Lipinski definition) is 1. The summed E-state index contributed by atoms with van der Waals surface area (Å²) >= 11 is 0. The Balaban J connectivity index is 1.56. The van der Waals surface area contributed by atoms with Crippen LogP contribution in [0.3, 0.4) is 0 Å². The Labute approximate surface area is 171 Å². The van der Waals surface area contributed by atoms with Crippen molar-refractivity contribution in [2.24, 2.45) is 0 Å². The highest BCUT2D eigenvalue weighted by Gasteiger charge is 2.35. The summed E-state index contributed by atoms with van der Waals surface area (Å²) < 4.78 is 14.5. The molecular weight excluding hydrogens is 387 g/mol. The van der Waals surface area contributed by atoms with Crippen LogP contribution in [0, 0.1) is 12.7 Å². The summed E-state index contributed by atoms with van der Waals surface area (Å²) in [5.74, 6) is -2.30. The molecule has 8 heteroatoms. The third kappa shape index (κ3) is 3.43. The minimum absolute atomic E-state index is 0.192. The Morgan fingerprint density at radius 2 is 1.93 bits per heavy atom. The maximum Gasteiger partial charge on any atom is 0.261 e. The molecule has 1 aliphatic rings. The van der Waals surface area contributed by atoms with Gasteiger partial charge >= 0.3 is 0 Å². The van der Waals surface area contributed by atoms with Gasteiger partial charge in [0.05, 0.1) is 17.5 Å². The Hall–Kier alpha value is -3.94. The molecule has 0 atom stereocenters. The summed E-state index contributed by atoms with van der Waals surface area (Å²) in [7, 11) is 1.40. The predicted molar refractivity (Wildman–Crippen MR) is 107 cm³/mol. The second-order valence-corrected chi connectivity index (χ2v) is 7.04. The smallest absolute Gasteiger partial charge is 0.261 e. The highest BCUT2D eigenvalue weighted by molar-refractivity contribution is 6.22. The van der Waals surface area contributed by atoms with E-state index in [2.05, 4.69) is 15.3 Å². The molecule has 1 N–H and O–H groups in total. The summed E-state index contributed by atoms with van der Waals surface area (Å²) in [5.41, 5.74) is 2.88. The van der Waals surface area contributed by atoms with Crippen LogP contribution < -0.4 is 5.32 Å². The number of carbonyl (C=O) groups excluding carboxylic acids is 3. The number of nitrogens with one attached hydrogen (secondary N) is 1. The molecule has 1 aromatic carbocycles. The van der Waals surface area contributed by atoms with Gasteiger partial charge in [-0.15, -0.1) is 0 Å². The molecule has 0 unspecified atom stereocenters. The molecule has 1 aliphatic heterocycles. The topological polar surface area (TPSA) is 92.3 Å². The van der Waals surface area contributed by atoms with Gasteiger partial charge < -0.3 is 5.32 Å². The lowest BCUT2D eigenvalue weighted by Crippen LogP contribution is -2.25. The van der Waals surface area contributed by atoms with Gasteiger partial charge in [0.25, 0.3) is 11.8 Å². The molecule has 3 heterocycles. The molecule has 0 spiro atoms. The van der Waals surface area contributed by atoms with Crippen molar-refractivity contribution in [1.29, 1.82) is 0 Å². The van der Waals surface area contributed by atoms with Crippen LogP contribution in [-0.4, -0.2) is 39.6 Å². The van der Waals surface area contributed by atoms with E-state index in [0.717, 1.165) is 10.5 Å². The van der Waals surface area contributed by atoms with Crippen LogP contribution in [-0.2, 0) is 11.2 Å². The zero-order chi connectivity index (χ0) is 21.4. The van der Waals surface area contributed by atoms with Crippen LogP contribution in [0.4, 0.5) is 10.2 Å². The first kappa shape index (κ1) is 19.4. The molecule has 2 aromatic heterocycles. The predicted octanol–water partition coefficient (Wildman–Crippen LogP) is 3.00. The molecular formula is C22H17FN4O3. The van der Waals surface area contributed by atoms with E-state index in [0.29, 0.717) is 16.7 Å². The first-order valence-corrected chi connectivity index (χ1v) is 9.17. The van der Waals surface area contributed by atoms with Crippen LogP contribution in [0.1, 0.15) is 31.8 Å². The van der Waals surface area contributed by atoms with Gasteiger partial charge in [0.1, 0.15) is 0 Å². The number of anilines is 1. The molecule has 3 aromatic rings. The number of nitrogens with zero attached hydrogens (tertiary/aromatic N) is 3. The van der Waals surface area contributed by atoms with E-state index in [1.165, 1.54) is 19.3 Å². The molecule has 7 nitrogen and oxygen atoms in total. The van der Waals surface area contributed by atoms with Gasteiger partial charge in [-0.25, -0.2) is 9.37 Å². The lowest BCUT2D eigenvalue weighted by atomic mass is 9.97. The molecule has 4 rings (SSSR count). The zero-order valence-corrected chi connectivity index (χ0v) is 16.3. The number of benzene rings is 1. The number of rotatable bonds is 4. The monoisotopic (exact) mass is 404 g/mol. The molecule has 30 heavy (non-hydrogen) atoms. The standard InChI is InChI=1S/C22H17FN4O3/c1-12-6-14(19-16(7-12)21(29)27(2)22(19)30)9-18(28)26-20-17(23)8-15(11-25-20)13-4-3-5-24-10-13/h3-8,10-11H,9H2,1-2H3,(H,25,26,28). The Bertz CT molecular complexity index is 1190. The van der Waals surface area contributed by atoms with E-state index >= 15 is 0 Å². The second-order valence-electron chi connectivity index (χ2n) is 7.04. The SMILES string of the molecule is Cc1cc(CC(=O)Nc2ncc(-c3cccnc3)cc2F)c2c(c1)C(=O)N(C)C2=O. The third-order valence-corrected chi connectivity index (χ3v) is 4.86. The van der Waals surface area contributed by atoms with Crippen LogP contribution >= 0.6 is 0 Å². The van der Waals surface area contributed by atoms with Crippen molar-refractivity contribution in [3.63, 3.8) is 0 Å². The van der Waals surface area contributed by atoms with Gasteiger partial charge in [-0.1, -0.05) is 12.1 Å². The number of aryl methyl sites for hydroxylation is 1. The summed E-state index contributed by atoms with van der Waals surface area (Å²) in [6.45, 7) is 1.77.